The molecule has 1 aromatic carbocycles. The molecule has 0 aliphatic heterocycles. The Kier molecular flexibility index (Phi) is 5.16. The topological polar surface area (TPSA) is 32.3 Å². The number of aliphatic hydroxyl groups excluding tert-OH is 1. The first kappa shape index (κ1) is 15.0. The highest BCUT2D eigenvalue weighted by Crippen LogP contribution is 2.34. The Bertz CT molecular complexity index is 379. The van der Waals surface area contributed by atoms with Gasteiger partial charge >= 0.3 is 6.18 Å². The molecule has 0 aliphatic carbocycles. The van der Waals surface area contributed by atoms with Gasteiger partial charge in [-0.2, -0.15) is 13.2 Å². The second-order valence-electron chi connectivity index (χ2n) is 4.28. The van der Waals surface area contributed by atoms with Gasteiger partial charge in [0.15, 0.2) is 0 Å². The summed E-state index contributed by atoms with van der Waals surface area (Å²) in [5.74, 6) is 0. The smallest absolute Gasteiger partial charge is 0.392 e. The zero-order valence-electron chi connectivity index (χ0n) is 10.5. The van der Waals surface area contributed by atoms with Gasteiger partial charge in [-0.25, -0.2) is 0 Å². The average molecular weight is 261 g/mol. The third kappa shape index (κ3) is 3.99. The summed E-state index contributed by atoms with van der Waals surface area (Å²) in [5.41, 5.74) is -0.427. The number of hydrogen-bond acceptors (Lipinski definition) is 2. The predicted octanol–water partition coefficient (Wildman–Crippen LogP) is 3.13. The monoisotopic (exact) mass is 261 g/mol. The quantitative estimate of drug-likeness (QED) is 0.853. The largest absolute Gasteiger partial charge is 0.416 e. The van der Waals surface area contributed by atoms with Crippen LogP contribution < -0.4 is 5.32 Å². The first-order chi connectivity index (χ1) is 8.36. The minimum atomic E-state index is -4.35. The molecule has 0 amide bonds. The number of aliphatic hydroxyl groups is 1. The van der Waals surface area contributed by atoms with Crippen molar-refractivity contribution in [2.75, 3.05) is 6.54 Å². The molecule has 2 atom stereocenters. The molecule has 2 nitrogen and oxygen atoms in total. The molecule has 0 aliphatic rings. The molecule has 0 bridgehead atoms. The van der Waals surface area contributed by atoms with Crippen LogP contribution in [0, 0.1) is 0 Å². The van der Waals surface area contributed by atoms with Gasteiger partial charge in [-0.3, -0.25) is 0 Å². The second-order valence-corrected chi connectivity index (χ2v) is 4.28. The average Bonchev–Trinajstić information content (AvgIpc) is 2.34. The lowest BCUT2D eigenvalue weighted by atomic mass is 10.0. The molecule has 0 radical (unpaired) electrons. The van der Waals surface area contributed by atoms with Gasteiger partial charge in [0.2, 0.25) is 0 Å². The molecule has 1 rings (SSSR count). The van der Waals surface area contributed by atoms with Crippen molar-refractivity contribution in [2.24, 2.45) is 0 Å². The van der Waals surface area contributed by atoms with Gasteiger partial charge in [0.05, 0.1) is 11.7 Å². The van der Waals surface area contributed by atoms with Gasteiger partial charge < -0.3 is 10.4 Å². The Labute approximate surface area is 105 Å². The molecule has 0 saturated carbocycles. The van der Waals surface area contributed by atoms with Crippen LogP contribution in [0.4, 0.5) is 13.2 Å². The fourth-order valence-corrected chi connectivity index (χ4v) is 1.70. The van der Waals surface area contributed by atoms with E-state index in [2.05, 4.69) is 5.32 Å². The summed E-state index contributed by atoms with van der Waals surface area (Å²) in [6.45, 7) is 3.76. The summed E-state index contributed by atoms with van der Waals surface area (Å²) in [6.07, 6.45) is -4.32. The number of hydrogen-bond donors (Lipinski definition) is 2. The fourth-order valence-electron chi connectivity index (χ4n) is 1.70. The van der Waals surface area contributed by atoms with E-state index in [0.717, 1.165) is 6.07 Å². The van der Waals surface area contributed by atoms with Crippen molar-refractivity contribution >= 4 is 0 Å². The van der Waals surface area contributed by atoms with E-state index >= 15 is 0 Å². The first-order valence-corrected chi connectivity index (χ1v) is 5.93. The van der Waals surface area contributed by atoms with Gasteiger partial charge in [0.25, 0.3) is 0 Å². The van der Waals surface area contributed by atoms with E-state index in [9.17, 15) is 18.3 Å². The number of alkyl halides is 3. The van der Waals surface area contributed by atoms with Crippen molar-refractivity contribution < 1.29 is 18.3 Å². The molecule has 18 heavy (non-hydrogen) atoms. The highest BCUT2D eigenvalue weighted by atomic mass is 19.4. The Hall–Kier alpha value is -1.07. The molecule has 0 saturated heterocycles. The van der Waals surface area contributed by atoms with Crippen LogP contribution in [0.5, 0.6) is 0 Å². The third-order valence-corrected chi connectivity index (χ3v) is 2.86. The minimum Gasteiger partial charge on any atom is -0.392 e. The van der Waals surface area contributed by atoms with E-state index in [1.807, 2.05) is 6.92 Å². The van der Waals surface area contributed by atoms with Crippen molar-refractivity contribution in [3.05, 3.63) is 35.4 Å². The normalized spacial score (nSPS) is 15.4. The maximum atomic E-state index is 12.8. The third-order valence-electron chi connectivity index (χ3n) is 2.86. The highest BCUT2D eigenvalue weighted by Gasteiger charge is 2.34. The number of rotatable bonds is 5. The van der Waals surface area contributed by atoms with Crippen LogP contribution in [0.2, 0.25) is 0 Å². The number of halogens is 3. The van der Waals surface area contributed by atoms with Crippen LogP contribution in [-0.2, 0) is 6.18 Å². The maximum absolute atomic E-state index is 12.8. The Morgan fingerprint density at radius 2 is 1.89 bits per heavy atom. The van der Waals surface area contributed by atoms with Crippen LogP contribution in [0.1, 0.15) is 37.4 Å². The van der Waals surface area contributed by atoms with Crippen LogP contribution in [0.15, 0.2) is 24.3 Å². The number of nitrogens with one attached hydrogen (secondary N) is 1. The molecule has 0 spiro atoms. The first-order valence-electron chi connectivity index (χ1n) is 5.93. The van der Waals surface area contributed by atoms with Crippen molar-refractivity contribution in [1.82, 2.24) is 5.32 Å². The molecule has 102 valence electrons. The minimum absolute atomic E-state index is 0.202. The Morgan fingerprint density at radius 1 is 1.28 bits per heavy atom. The van der Waals surface area contributed by atoms with Gasteiger partial charge in [-0.05, 0) is 25.0 Å². The van der Waals surface area contributed by atoms with Crippen molar-refractivity contribution in [1.29, 1.82) is 0 Å². The fraction of sp³-hybridized carbons (Fsp3) is 0.538. The van der Waals surface area contributed by atoms with Crippen molar-refractivity contribution in [2.45, 2.75) is 38.6 Å². The van der Waals surface area contributed by atoms with Gasteiger partial charge in [0.1, 0.15) is 0 Å². The summed E-state index contributed by atoms with van der Waals surface area (Å²) >= 11 is 0. The van der Waals surface area contributed by atoms with Crippen LogP contribution >= 0.6 is 0 Å². The standard InChI is InChI=1S/C13H18F3NO/c1-3-10(18)8-17-9(2)11-6-4-5-7-12(11)13(14,15)16/h4-7,9-10,17-18H,3,8H2,1-2H3. The zero-order valence-corrected chi connectivity index (χ0v) is 10.5. The van der Waals surface area contributed by atoms with Gasteiger partial charge in [-0.15, -0.1) is 0 Å². The molecular weight excluding hydrogens is 243 g/mol. The summed E-state index contributed by atoms with van der Waals surface area (Å²) in [4.78, 5) is 0. The number of benzene rings is 1. The Balaban J connectivity index is 2.82. The Morgan fingerprint density at radius 3 is 2.44 bits per heavy atom. The van der Waals surface area contributed by atoms with Crippen LogP contribution in [0.3, 0.4) is 0 Å². The van der Waals surface area contributed by atoms with E-state index in [0.29, 0.717) is 6.42 Å². The summed E-state index contributed by atoms with van der Waals surface area (Å²) in [5, 5.41) is 12.3. The van der Waals surface area contributed by atoms with E-state index in [-0.39, 0.29) is 12.1 Å². The van der Waals surface area contributed by atoms with Crippen LogP contribution in [-0.4, -0.2) is 17.8 Å². The lowest BCUT2D eigenvalue weighted by Crippen LogP contribution is -2.29. The van der Waals surface area contributed by atoms with Crippen LogP contribution in [0.25, 0.3) is 0 Å². The summed E-state index contributed by atoms with van der Waals surface area (Å²) < 4.78 is 38.4. The van der Waals surface area contributed by atoms with Gasteiger partial charge in [-0.1, -0.05) is 25.1 Å². The molecule has 2 unspecified atom stereocenters. The lowest BCUT2D eigenvalue weighted by Gasteiger charge is -2.20. The highest BCUT2D eigenvalue weighted by molar-refractivity contribution is 5.32. The van der Waals surface area contributed by atoms with E-state index in [4.69, 9.17) is 0 Å². The van der Waals surface area contributed by atoms with Crippen molar-refractivity contribution in [3.63, 3.8) is 0 Å². The molecule has 1 aromatic rings. The van der Waals surface area contributed by atoms with E-state index in [1.165, 1.54) is 12.1 Å². The molecule has 2 N–H and O–H groups in total. The van der Waals surface area contributed by atoms with Crippen molar-refractivity contribution in [3.8, 4) is 0 Å². The molecule has 0 aromatic heterocycles. The molecular formula is C13H18F3NO. The lowest BCUT2D eigenvalue weighted by molar-refractivity contribution is -0.138. The predicted molar refractivity (Wildman–Crippen MR) is 64.2 cm³/mol. The molecule has 0 heterocycles. The molecule has 0 fully saturated rings. The van der Waals surface area contributed by atoms with E-state index in [1.54, 1.807) is 13.0 Å². The molecule has 5 heteroatoms. The van der Waals surface area contributed by atoms with E-state index < -0.39 is 23.9 Å². The SMILES string of the molecule is CCC(O)CNC(C)c1ccccc1C(F)(F)F. The second kappa shape index (κ2) is 6.20. The summed E-state index contributed by atoms with van der Waals surface area (Å²) in [7, 11) is 0. The maximum Gasteiger partial charge on any atom is 0.416 e. The zero-order chi connectivity index (χ0) is 13.8. The van der Waals surface area contributed by atoms with Gasteiger partial charge in [0, 0.05) is 12.6 Å². The summed E-state index contributed by atoms with van der Waals surface area (Å²) in [6, 6.07) is 5.03.